The largest absolute Gasteiger partial charge is 0.326 e. The predicted octanol–water partition coefficient (Wildman–Crippen LogP) is 2.44. The highest BCUT2D eigenvalue weighted by Crippen LogP contribution is 2.15. The summed E-state index contributed by atoms with van der Waals surface area (Å²) in [5.41, 5.74) is 4.74. The second-order valence-corrected chi connectivity index (χ2v) is 6.23. The molecule has 0 fully saturated rings. The number of nitrogens with zero attached hydrogens (tertiary/aromatic N) is 2. The number of carbonyl (C=O) groups is 2. The van der Waals surface area contributed by atoms with Gasteiger partial charge in [-0.25, -0.2) is 5.43 Å². The second-order valence-electron chi connectivity index (χ2n) is 5.22. The quantitative estimate of drug-likeness (QED) is 0.719. The van der Waals surface area contributed by atoms with Gasteiger partial charge in [-0.05, 0) is 36.4 Å². The molecule has 0 aliphatic carbocycles. The maximum atomic E-state index is 12.2. The van der Waals surface area contributed by atoms with Crippen molar-refractivity contribution in [3.8, 4) is 0 Å². The Bertz CT molecular complexity index is 970. The van der Waals surface area contributed by atoms with E-state index in [4.69, 9.17) is 0 Å². The van der Waals surface area contributed by atoms with Gasteiger partial charge in [0, 0.05) is 25.2 Å². The molecule has 1 aromatic heterocycles. The zero-order valence-corrected chi connectivity index (χ0v) is 14.1. The minimum absolute atomic E-state index is 0.153. The summed E-state index contributed by atoms with van der Waals surface area (Å²) in [6, 6.07) is 14.6. The van der Waals surface area contributed by atoms with E-state index in [1.165, 1.54) is 18.3 Å². The minimum Gasteiger partial charge on any atom is -0.326 e. The van der Waals surface area contributed by atoms with Crippen LogP contribution in [-0.2, 0) is 11.8 Å². The third-order valence-corrected chi connectivity index (χ3v) is 4.55. The molecular formula is C17H16N4O2S. The summed E-state index contributed by atoms with van der Waals surface area (Å²) in [6.45, 7) is 1.44. The van der Waals surface area contributed by atoms with Crippen LogP contribution in [0.5, 0.6) is 0 Å². The number of amides is 2. The lowest BCUT2D eigenvalue weighted by Gasteiger charge is -2.03. The molecule has 0 bridgehead atoms. The van der Waals surface area contributed by atoms with Gasteiger partial charge in [0.1, 0.15) is 0 Å². The topological polar surface area (TPSA) is 75.5 Å². The van der Waals surface area contributed by atoms with E-state index in [0.717, 1.165) is 10.2 Å². The van der Waals surface area contributed by atoms with Gasteiger partial charge in [-0.15, -0.1) is 5.10 Å². The van der Waals surface area contributed by atoms with E-state index in [0.29, 0.717) is 16.1 Å². The molecule has 7 heteroatoms. The van der Waals surface area contributed by atoms with Crippen LogP contribution in [0.2, 0.25) is 0 Å². The number of anilines is 1. The molecule has 0 spiro atoms. The average Bonchev–Trinajstić information content (AvgIpc) is 2.89. The number of rotatable bonds is 3. The van der Waals surface area contributed by atoms with Crippen molar-refractivity contribution in [1.82, 2.24) is 9.99 Å². The van der Waals surface area contributed by atoms with E-state index < -0.39 is 0 Å². The molecule has 0 atom stereocenters. The van der Waals surface area contributed by atoms with E-state index >= 15 is 0 Å². The first-order valence-corrected chi connectivity index (χ1v) is 8.12. The molecule has 0 saturated heterocycles. The lowest BCUT2D eigenvalue weighted by Crippen LogP contribution is -2.23. The van der Waals surface area contributed by atoms with Crippen LogP contribution >= 0.6 is 11.3 Å². The van der Waals surface area contributed by atoms with Gasteiger partial charge in [-0.2, -0.15) is 0 Å². The van der Waals surface area contributed by atoms with Crippen LogP contribution in [0.3, 0.4) is 0 Å². The van der Waals surface area contributed by atoms with E-state index in [-0.39, 0.29) is 11.8 Å². The summed E-state index contributed by atoms with van der Waals surface area (Å²) in [5, 5.41) is 6.86. The number of carbonyl (C=O) groups excluding carboxylic acids is 2. The molecule has 6 nitrogen and oxygen atoms in total. The molecule has 24 heavy (non-hydrogen) atoms. The monoisotopic (exact) mass is 340 g/mol. The third-order valence-electron chi connectivity index (χ3n) is 3.44. The summed E-state index contributed by atoms with van der Waals surface area (Å²) >= 11 is 1.50. The number of aromatic nitrogens is 1. The van der Waals surface area contributed by atoms with Crippen LogP contribution in [0.4, 0.5) is 5.69 Å². The van der Waals surface area contributed by atoms with Gasteiger partial charge < -0.3 is 9.88 Å². The number of benzene rings is 2. The maximum Gasteiger partial charge on any atom is 0.271 e. The number of hydrogen-bond acceptors (Lipinski definition) is 4. The Morgan fingerprint density at radius 3 is 2.46 bits per heavy atom. The smallest absolute Gasteiger partial charge is 0.271 e. The molecule has 0 aliphatic heterocycles. The maximum absolute atomic E-state index is 12.2. The van der Waals surface area contributed by atoms with Gasteiger partial charge in [0.2, 0.25) is 10.7 Å². The van der Waals surface area contributed by atoms with Crippen LogP contribution in [0, 0.1) is 0 Å². The predicted molar refractivity (Wildman–Crippen MR) is 94.6 cm³/mol. The molecule has 3 aromatic rings. The zero-order chi connectivity index (χ0) is 17.1. The van der Waals surface area contributed by atoms with E-state index in [2.05, 4.69) is 15.8 Å². The number of nitrogens with one attached hydrogen (secondary N) is 2. The average molecular weight is 340 g/mol. The normalized spacial score (nSPS) is 11.5. The highest BCUT2D eigenvalue weighted by atomic mass is 32.1. The van der Waals surface area contributed by atoms with E-state index in [1.54, 1.807) is 24.3 Å². The van der Waals surface area contributed by atoms with E-state index in [9.17, 15) is 9.59 Å². The van der Waals surface area contributed by atoms with E-state index in [1.807, 2.05) is 35.9 Å². The fourth-order valence-electron chi connectivity index (χ4n) is 2.26. The molecule has 0 aliphatic rings. The van der Waals surface area contributed by atoms with Crippen molar-refractivity contribution in [2.24, 2.45) is 12.1 Å². The molecule has 0 saturated carbocycles. The summed E-state index contributed by atoms with van der Waals surface area (Å²) in [4.78, 5) is 23.9. The van der Waals surface area contributed by atoms with Gasteiger partial charge in [0.05, 0.1) is 10.2 Å². The van der Waals surface area contributed by atoms with Crippen molar-refractivity contribution < 1.29 is 9.59 Å². The Kier molecular flexibility index (Phi) is 4.43. The van der Waals surface area contributed by atoms with Crippen molar-refractivity contribution in [1.29, 1.82) is 0 Å². The molecule has 0 unspecified atom stereocenters. The Labute approximate surface area is 142 Å². The fraction of sp³-hybridized carbons (Fsp3) is 0.118. The highest BCUT2D eigenvalue weighted by molar-refractivity contribution is 7.16. The van der Waals surface area contributed by atoms with Crippen LogP contribution in [0.1, 0.15) is 17.3 Å². The Morgan fingerprint density at radius 1 is 1.08 bits per heavy atom. The van der Waals surface area contributed by atoms with Gasteiger partial charge in [-0.1, -0.05) is 23.5 Å². The van der Waals surface area contributed by atoms with Crippen LogP contribution in [-0.4, -0.2) is 16.4 Å². The summed E-state index contributed by atoms with van der Waals surface area (Å²) in [7, 11) is 1.91. The first-order valence-electron chi connectivity index (χ1n) is 7.31. The lowest BCUT2D eigenvalue weighted by molar-refractivity contribution is -0.114. The number of aryl methyl sites for hydroxylation is 1. The minimum atomic E-state index is -0.304. The van der Waals surface area contributed by atoms with Crippen molar-refractivity contribution in [3.05, 3.63) is 58.9 Å². The second kappa shape index (κ2) is 6.67. The number of para-hydroxylation sites is 1. The Morgan fingerprint density at radius 2 is 1.79 bits per heavy atom. The molecule has 2 aromatic carbocycles. The standard InChI is InChI=1S/C17H16N4O2S/c1-11(22)18-13-9-7-12(8-10-13)16(23)19-20-17-21(2)14-5-3-4-6-15(14)24-17/h3-10H,1-2H3,(H,18,22)(H,19,23)/b20-17+. The summed E-state index contributed by atoms with van der Waals surface area (Å²) in [5.74, 6) is -0.457. The first-order chi connectivity index (χ1) is 11.5. The van der Waals surface area contributed by atoms with Gasteiger partial charge in [0.15, 0.2) is 0 Å². The molecule has 0 radical (unpaired) electrons. The van der Waals surface area contributed by atoms with Crippen molar-refractivity contribution in [3.63, 3.8) is 0 Å². The molecule has 122 valence electrons. The van der Waals surface area contributed by atoms with Gasteiger partial charge >= 0.3 is 0 Å². The number of thiazole rings is 1. The van der Waals surface area contributed by atoms with Gasteiger partial charge in [-0.3, -0.25) is 9.59 Å². The highest BCUT2D eigenvalue weighted by Gasteiger charge is 2.06. The Balaban J connectivity index is 1.79. The van der Waals surface area contributed by atoms with Crippen molar-refractivity contribution in [2.45, 2.75) is 6.92 Å². The molecular weight excluding hydrogens is 324 g/mol. The SMILES string of the molecule is CC(=O)Nc1ccc(C(=O)N/N=c2/sc3ccccc3n2C)cc1. The fourth-order valence-corrected chi connectivity index (χ4v) is 3.24. The van der Waals surface area contributed by atoms with Crippen LogP contribution in [0.15, 0.2) is 53.6 Å². The number of hydrogen-bond donors (Lipinski definition) is 2. The molecule has 3 rings (SSSR count). The van der Waals surface area contributed by atoms with Crippen LogP contribution < -0.4 is 15.5 Å². The van der Waals surface area contributed by atoms with Crippen molar-refractivity contribution in [2.75, 3.05) is 5.32 Å². The third kappa shape index (κ3) is 3.36. The zero-order valence-electron chi connectivity index (χ0n) is 13.2. The first kappa shape index (κ1) is 15.9. The van der Waals surface area contributed by atoms with Crippen molar-refractivity contribution >= 4 is 39.1 Å². The number of fused-ring (bicyclic) bond motifs is 1. The lowest BCUT2D eigenvalue weighted by atomic mass is 10.2. The molecule has 1 heterocycles. The molecule has 2 N–H and O–H groups in total. The summed E-state index contributed by atoms with van der Waals surface area (Å²) in [6.07, 6.45) is 0. The Hall–Kier alpha value is -2.93. The molecule has 2 amide bonds. The van der Waals surface area contributed by atoms with Crippen LogP contribution in [0.25, 0.3) is 10.2 Å². The van der Waals surface area contributed by atoms with Gasteiger partial charge in [0.25, 0.3) is 5.91 Å². The summed E-state index contributed by atoms with van der Waals surface area (Å²) < 4.78 is 3.04.